The quantitative estimate of drug-likeness (QED) is 0.807. The Kier molecular flexibility index (Phi) is 6.07. The van der Waals surface area contributed by atoms with Crippen molar-refractivity contribution in [3.05, 3.63) is 50.6 Å². The smallest absolute Gasteiger partial charge is 0.119 e. The molecule has 0 radical (unpaired) electrons. The van der Waals surface area contributed by atoms with Crippen LogP contribution >= 0.6 is 27.3 Å². The van der Waals surface area contributed by atoms with Crippen molar-refractivity contribution in [1.82, 2.24) is 5.32 Å². The van der Waals surface area contributed by atoms with Crippen molar-refractivity contribution in [2.45, 2.75) is 12.8 Å². The van der Waals surface area contributed by atoms with Gasteiger partial charge in [0.1, 0.15) is 5.75 Å². The zero-order valence-corrected chi connectivity index (χ0v) is 14.3. The first-order valence-corrected chi connectivity index (χ1v) is 8.39. The highest BCUT2D eigenvalue weighted by Crippen LogP contribution is 2.24. The standard InChI is InChI=1S/C16H20BrNOS/c1-18-10-13(8-16-9-14(17)11-20-16)6-12-4-3-5-15(7-12)19-2/h3-5,7,9,11,13,18H,6,8,10H2,1-2H3. The molecule has 0 fully saturated rings. The third-order valence-electron chi connectivity index (χ3n) is 3.26. The number of thiophene rings is 1. The third kappa shape index (κ3) is 4.62. The molecule has 0 bridgehead atoms. The maximum Gasteiger partial charge on any atom is 0.119 e. The lowest BCUT2D eigenvalue weighted by Crippen LogP contribution is -2.22. The molecule has 1 N–H and O–H groups in total. The maximum atomic E-state index is 5.30. The van der Waals surface area contributed by atoms with Crippen LogP contribution < -0.4 is 10.1 Å². The van der Waals surface area contributed by atoms with Crippen LogP contribution in [0.2, 0.25) is 0 Å². The molecule has 0 amide bonds. The second kappa shape index (κ2) is 7.81. The molecule has 2 aromatic rings. The van der Waals surface area contributed by atoms with E-state index in [0.717, 1.165) is 25.1 Å². The summed E-state index contributed by atoms with van der Waals surface area (Å²) in [5.74, 6) is 1.53. The van der Waals surface area contributed by atoms with Gasteiger partial charge in [-0.25, -0.2) is 0 Å². The summed E-state index contributed by atoms with van der Waals surface area (Å²) in [6.45, 7) is 1.02. The summed E-state index contributed by atoms with van der Waals surface area (Å²) in [4.78, 5) is 1.43. The second-order valence-electron chi connectivity index (χ2n) is 4.91. The first-order valence-electron chi connectivity index (χ1n) is 6.71. The van der Waals surface area contributed by atoms with Gasteiger partial charge in [0, 0.05) is 14.7 Å². The van der Waals surface area contributed by atoms with Crippen molar-refractivity contribution < 1.29 is 4.74 Å². The fraction of sp³-hybridized carbons (Fsp3) is 0.375. The maximum absolute atomic E-state index is 5.30. The number of ether oxygens (including phenoxy) is 1. The summed E-state index contributed by atoms with van der Waals surface area (Å²) < 4.78 is 6.48. The minimum absolute atomic E-state index is 0.595. The summed E-state index contributed by atoms with van der Waals surface area (Å²) in [5.41, 5.74) is 1.33. The van der Waals surface area contributed by atoms with Gasteiger partial charge in [0.25, 0.3) is 0 Å². The predicted molar refractivity (Wildman–Crippen MR) is 89.8 cm³/mol. The Morgan fingerprint density at radius 2 is 2.15 bits per heavy atom. The summed E-state index contributed by atoms with van der Waals surface area (Å²) in [6.07, 6.45) is 2.17. The van der Waals surface area contributed by atoms with E-state index >= 15 is 0 Å². The Labute approximate surface area is 133 Å². The molecule has 0 aliphatic heterocycles. The average Bonchev–Trinajstić information content (AvgIpc) is 2.84. The Morgan fingerprint density at radius 3 is 2.80 bits per heavy atom. The van der Waals surface area contributed by atoms with Gasteiger partial charge in [-0.15, -0.1) is 11.3 Å². The molecule has 2 rings (SSSR count). The number of hydrogen-bond acceptors (Lipinski definition) is 3. The van der Waals surface area contributed by atoms with E-state index < -0.39 is 0 Å². The molecule has 0 aliphatic carbocycles. The van der Waals surface area contributed by atoms with Crippen LogP contribution in [0.15, 0.2) is 40.2 Å². The number of rotatable bonds is 7. The molecule has 1 aromatic carbocycles. The zero-order chi connectivity index (χ0) is 14.4. The van der Waals surface area contributed by atoms with Gasteiger partial charge in [-0.1, -0.05) is 12.1 Å². The SMILES string of the molecule is CNCC(Cc1cccc(OC)c1)Cc1cc(Br)cs1. The van der Waals surface area contributed by atoms with E-state index in [4.69, 9.17) is 4.74 Å². The topological polar surface area (TPSA) is 21.3 Å². The minimum Gasteiger partial charge on any atom is -0.497 e. The Bertz CT molecular complexity index is 541. The summed E-state index contributed by atoms with van der Waals surface area (Å²) in [7, 11) is 3.73. The van der Waals surface area contributed by atoms with Crippen molar-refractivity contribution in [2.75, 3.05) is 20.7 Å². The molecule has 20 heavy (non-hydrogen) atoms. The normalized spacial score (nSPS) is 12.3. The molecule has 0 aliphatic rings. The largest absolute Gasteiger partial charge is 0.497 e. The average molecular weight is 354 g/mol. The van der Waals surface area contributed by atoms with E-state index in [2.05, 4.69) is 50.9 Å². The van der Waals surface area contributed by atoms with Crippen LogP contribution in [0.3, 0.4) is 0 Å². The molecule has 0 spiro atoms. The van der Waals surface area contributed by atoms with E-state index in [1.165, 1.54) is 14.9 Å². The van der Waals surface area contributed by atoms with Crippen LogP contribution in [-0.2, 0) is 12.8 Å². The molecule has 4 heteroatoms. The summed E-state index contributed by atoms with van der Waals surface area (Å²) in [5, 5.41) is 5.46. The Balaban J connectivity index is 2.04. The van der Waals surface area contributed by atoms with Crippen molar-refractivity contribution in [1.29, 1.82) is 0 Å². The van der Waals surface area contributed by atoms with Crippen LogP contribution in [-0.4, -0.2) is 20.7 Å². The summed E-state index contributed by atoms with van der Waals surface area (Å²) >= 11 is 5.35. The molecule has 2 nitrogen and oxygen atoms in total. The highest BCUT2D eigenvalue weighted by molar-refractivity contribution is 9.10. The highest BCUT2D eigenvalue weighted by atomic mass is 79.9. The molecule has 1 heterocycles. The third-order valence-corrected chi connectivity index (χ3v) is 4.98. The van der Waals surface area contributed by atoms with Crippen LogP contribution in [0, 0.1) is 5.92 Å². The monoisotopic (exact) mass is 353 g/mol. The van der Waals surface area contributed by atoms with Crippen molar-refractivity contribution in [2.24, 2.45) is 5.92 Å². The van der Waals surface area contributed by atoms with Crippen LogP contribution in [0.1, 0.15) is 10.4 Å². The van der Waals surface area contributed by atoms with E-state index in [1.54, 1.807) is 7.11 Å². The van der Waals surface area contributed by atoms with Crippen molar-refractivity contribution in [3.63, 3.8) is 0 Å². The molecule has 1 unspecified atom stereocenters. The highest BCUT2D eigenvalue weighted by Gasteiger charge is 2.12. The van der Waals surface area contributed by atoms with Crippen LogP contribution in [0.5, 0.6) is 5.75 Å². The lowest BCUT2D eigenvalue weighted by atomic mass is 9.95. The van der Waals surface area contributed by atoms with Crippen molar-refractivity contribution in [3.8, 4) is 5.75 Å². The van der Waals surface area contributed by atoms with Gasteiger partial charge in [-0.3, -0.25) is 0 Å². The molecule has 1 atom stereocenters. The Hall–Kier alpha value is -0.840. The minimum atomic E-state index is 0.595. The lowest BCUT2D eigenvalue weighted by molar-refractivity contribution is 0.413. The van der Waals surface area contributed by atoms with Gasteiger partial charge >= 0.3 is 0 Å². The van der Waals surface area contributed by atoms with Gasteiger partial charge in [0.05, 0.1) is 7.11 Å². The van der Waals surface area contributed by atoms with E-state index in [0.29, 0.717) is 5.92 Å². The number of nitrogens with one attached hydrogen (secondary N) is 1. The Morgan fingerprint density at radius 1 is 1.30 bits per heavy atom. The molecule has 1 aromatic heterocycles. The molecular formula is C16H20BrNOS. The molecule has 108 valence electrons. The van der Waals surface area contributed by atoms with Gasteiger partial charge in [0.15, 0.2) is 0 Å². The second-order valence-corrected chi connectivity index (χ2v) is 6.83. The fourth-order valence-electron chi connectivity index (χ4n) is 2.38. The predicted octanol–water partition coefficient (Wildman–Crippen LogP) is 4.14. The van der Waals surface area contributed by atoms with Gasteiger partial charge < -0.3 is 10.1 Å². The first kappa shape index (κ1) is 15.5. The number of hydrogen-bond donors (Lipinski definition) is 1. The number of halogens is 1. The first-order chi connectivity index (χ1) is 9.71. The zero-order valence-electron chi connectivity index (χ0n) is 11.9. The van der Waals surface area contributed by atoms with Crippen LogP contribution in [0.4, 0.5) is 0 Å². The lowest BCUT2D eigenvalue weighted by Gasteiger charge is -2.16. The molecule has 0 saturated heterocycles. The van der Waals surface area contributed by atoms with Crippen LogP contribution in [0.25, 0.3) is 0 Å². The number of methoxy groups -OCH3 is 1. The molecule has 0 saturated carbocycles. The van der Waals surface area contributed by atoms with Crippen molar-refractivity contribution >= 4 is 27.3 Å². The summed E-state index contributed by atoms with van der Waals surface area (Å²) in [6, 6.07) is 10.6. The van der Waals surface area contributed by atoms with Gasteiger partial charge in [-0.05, 0) is 72.0 Å². The molecular weight excluding hydrogens is 334 g/mol. The van der Waals surface area contributed by atoms with Gasteiger partial charge in [-0.2, -0.15) is 0 Å². The fourth-order valence-corrected chi connectivity index (χ4v) is 3.95. The van der Waals surface area contributed by atoms with Gasteiger partial charge in [0.2, 0.25) is 0 Å². The van der Waals surface area contributed by atoms with E-state index in [-0.39, 0.29) is 0 Å². The number of benzene rings is 1. The van der Waals surface area contributed by atoms with E-state index in [9.17, 15) is 0 Å². The van der Waals surface area contributed by atoms with E-state index in [1.807, 2.05) is 24.5 Å².